The highest BCUT2D eigenvalue weighted by molar-refractivity contribution is 5.76. The lowest BCUT2D eigenvalue weighted by molar-refractivity contribution is -0.123. The number of hydrogen-bond donors (Lipinski definition) is 2. The molecule has 17 heavy (non-hydrogen) atoms. The van der Waals surface area contributed by atoms with E-state index in [1.807, 2.05) is 0 Å². The van der Waals surface area contributed by atoms with Crippen molar-refractivity contribution in [3.63, 3.8) is 0 Å². The van der Waals surface area contributed by atoms with E-state index in [0.29, 0.717) is 25.4 Å². The number of hydrogen-bond acceptors (Lipinski definition) is 2. The SMILES string of the molecule is CC(=O)NCCNC(=O)C[C@H]1C[C@H]2CC[C@H]1C2. The van der Waals surface area contributed by atoms with Crippen LogP contribution in [0.4, 0.5) is 0 Å². The fourth-order valence-electron chi connectivity index (χ4n) is 3.38. The Labute approximate surface area is 103 Å². The Balaban J connectivity index is 1.59. The average Bonchev–Trinajstić information content (AvgIpc) is 2.86. The third-order valence-electron chi connectivity index (χ3n) is 4.15. The smallest absolute Gasteiger partial charge is 0.220 e. The summed E-state index contributed by atoms with van der Waals surface area (Å²) in [5, 5.41) is 5.54. The van der Waals surface area contributed by atoms with Crippen molar-refractivity contribution in [2.45, 2.75) is 39.0 Å². The predicted molar refractivity (Wildman–Crippen MR) is 65.2 cm³/mol. The molecule has 4 heteroatoms. The van der Waals surface area contributed by atoms with Gasteiger partial charge in [-0.3, -0.25) is 9.59 Å². The summed E-state index contributed by atoms with van der Waals surface area (Å²) in [4.78, 5) is 22.3. The van der Waals surface area contributed by atoms with E-state index in [1.165, 1.54) is 32.6 Å². The van der Waals surface area contributed by atoms with Crippen molar-refractivity contribution in [1.29, 1.82) is 0 Å². The Morgan fingerprint density at radius 2 is 1.88 bits per heavy atom. The maximum atomic E-state index is 11.7. The van der Waals surface area contributed by atoms with Crippen LogP contribution in [-0.4, -0.2) is 24.9 Å². The first-order chi connectivity index (χ1) is 8.15. The first-order valence-corrected chi connectivity index (χ1v) is 6.66. The fourth-order valence-corrected chi connectivity index (χ4v) is 3.38. The van der Waals surface area contributed by atoms with Crippen molar-refractivity contribution in [2.24, 2.45) is 17.8 Å². The van der Waals surface area contributed by atoms with Crippen LogP contribution in [-0.2, 0) is 9.59 Å². The second kappa shape index (κ2) is 5.52. The predicted octanol–water partition coefficient (Wildman–Crippen LogP) is 1.06. The molecule has 2 rings (SSSR count). The van der Waals surface area contributed by atoms with Gasteiger partial charge in [-0.05, 0) is 37.0 Å². The summed E-state index contributed by atoms with van der Waals surface area (Å²) in [7, 11) is 0. The van der Waals surface area contributed by atoms with Gasteiger partial charge in [-0.1, -0.05) is 6.42 Å². The van der Waals surface area contributed by atoms with E-state index in [-0.39, 0.29) is 11.8 Å². The van der Waals surface area contributed by atoms with E-state index in [0.717, 1.165) is 11.8 Å². The van der Waals surface area contributed by atoms with E-state index in [2.05, 4.69) is 10.6 Å². The molecule has 0 aromatic rings. The van der Waals surface area contributed by atoms with Gasteiger partial charge in [-0.15, -0.1) is 0 Å². The van der Waals surface area contributed by atoms with E-state index in [9.17, 15) is 9.59 Å². The molecule has 2 amide bonds. The van der Waals surface area contributed by atoms with Crippen LogP contribution in [0.2, 0.25) is 0 Å². The molecule has 0 aromatic heterocycles. The number of amides is 2. The normalized spacial score (nSPS) is 30.3. The molecule has 2 bridgehead atoms. The monoisotopic (exact) mass is 238 g/mol. The van der Waals surface area contributed by atoms with Crippen LogP contribution in [0.15, 0.2) is 0 Å². The van der Waals surface area contributed by atoms with Crippen LogP contribution >= 0.6 is 0 Å². The molecule has 0 radical (unpaired) electrons. The molecule has 0 spiro atoms. The van der Waals surface area contributed by atoms with Crippen molar-refractivity contribution in [1.82, 2.24) is 10.6 Å². The third-order valence-corrected chi connectivity index (χ3v) is 4.15. The maximum absolute atomic E-state index is 11.7. The first-order valence-electron chi connectivity index (χ1n) is 6.66. The quantitative estimate of drug-likeness (QED) is 0.704. The summed E-state index contributed by atoms with van der Waals surface area (Å²) in [5.74, 6) is 2.42. The summed E-state index contributed by atoms with van der Waals surface area (Å²) in [6.45, 7) is 2.55. The Morgan fingerprint density at radius 3 is 2.47 bits per heavy atom. The lowest BCUT2D eigenvalue weighted by Crippen LogP contribution is -2.34. The van der Waals surface area contributed by atoms with Crippen LogP contribution in [0.25, 0.3) is 0 Å². The summed E-state index contributed by atoms with van der Waals surface area (Å²) in [6, 6.07) is 0. The zero-order valence-electron chi connectivity index (χ0n) is 10.5. The van der Waals surface area contributed by atoms with Gasteiger partial charge in [0.05, 0.1) is 0 Å². The molecule has 4 nitrogen and oxygen atoms in total. The highest BCUT2D eigenvalue weighted by Gasteiger charge is 2.39. The second-order valence-corrected chi connectivity index (χ2v) is 5.47. The van der Waals surface area contributed by atoms with Gasteiger partial charge >= 0.3 is 0 Å². The Hall–Kier alpha value is -1.06. The van der Waals surface area contributed by atoms with Gasteiger partial charge in [0.25, 0.3) is 0 Å². The molecule has 2 N–H and O–H groups in total. The molecule has 0 aliphatic heterocycles. The Bertz CT molecular complexity index is 304. The molecule has 0 unspecified atom stereocenters. The van der Waals surface area contributed by atoms with E-state index in [1.54, 1.807) is 0 Å². The highest BCUT2D eigenvalue weighted by Crippen LogP contribution is 2.49. The highest BCUT2D eigenvalue weighted by atomic mass is 16.2. The van der Waals surface area contributed by atoms with Crippen LogP contribution in [0, 0.1) is 17.8 Å². The standard InChI is InChI=1S/C13H22N2O2/c1-9(16)14-4-5-15-13(17)8-12-7-10-2-3-11(12)6-10/h10-12H,2-8H2,1H3,(H,14,16)(H,15,17)/t10-,11-,12+/m0/s1. The van der Waals surface area contributed by atoms with Gasteiger partial charge in [0.15, 0.2) is 0 Å². The summed E-state index contributed by atoms with van der Waals surface area (Å²) in [6.07, 6.45) is 5.99. The topological polar surface area (TPSA) is 58.2 Å². The number of rotatable bonds is 5. The molecule has 3 atom stereocenters. The zero-order chi connectivity index (χ0) is 12.3. The van der Waals surface area contributed by atoms with Crippen molar-refractivity contribution >= 4 is 11.8 Å². The van der Waals surface area contributed by atoms with Crippen molar-refractivity contribution in [3.8, 4) is 0 Å². The lowest BCUT2D eigenvalue weighted by atomic mass is 9.86. The number of nitrogens with one attached hydrogen (secondary N) is 2. The van der Waals surface area contributed by atoms with Gasteiger partial charge < -0.3 is 10.6 Å². The van der Waals surface area contributed by atoms with E-state index < -0.39 is 0 Å². The van der Waals surface area contributed by atoms with Crippen LogP contribution in [0.3, 0.4) is 0 Å². The summed E-state index contributed by atoms with van der Waals surface area (Å²) < 4.78 is 0. The molecule has 2 aliphatic rings. The number of carbonyl (C=O) groups is 2. The molecule has 0 aromatic carbocycles. The maximum Gasteiger partial charge on any atom is 0.220 e. The minimum Gasteiger partial charge on any atom is -0.355 e. The third kappa shape index (κ3) is 3.45. The molecule has 2 aliphatic carbocycles. The lowest BCUT2D eigenvalue weighted by Gasteiger charge is -2.20. The summed E-state index contributed by atoms with van der Waals surface area (Å²) >= 11 is 0. The van der Waals surface area contributed by atoms with Gasteiger partial charge in [0.1, 0.15) is 0 Å². The first kappa shape index (κ1) is 12.4. The minimum absolute atomic E-state index is 0.0487. The van der Waals surface area contributed by atoms with Crippen molar-refractivity contribution in [2.75, 3.05) is 13.1 Å². The second-order valence-electron chi connectivity index (χ2n) is 5.47. The largest absolute Gasteiger partial charge is 0.355 e. The fraction of sp³-hybridized carbons (Fsp3) is 0.846. The Kier molecular flexibility index (Phi) is 4.02. The van der Waals surface area contributed by atoms with Gasteiger partial charge in [-0.2, -0.15) is 0 Å². The average molecular weight is 238 g/mol. The molecule has 2 fully saturated rings. The number of fused-ring (bicyclic) bond motifs is 2. The van der Waals surface area contributed by atoms with Gasteiger partial charge in [0, 0.05) is 26.4 Å². The molecule has 0 heterocycles. The van der Waals surface area contributed by atoms with E-state index in [4.69, 9.17) is 0 Å². The molecular weight excluding hydrogens is 216 g/mol. The zero-order valence-corrected chi connectivity index (χ0v) is 10.5. The minimum atomic E-state index is -0.0487. The molecule has 0 saturated heterocycles. The van der Waals surface area contributed by atoms with Crippen LogP contribution < -0.4 is 10.6 Å². The van der Waals surface area contributed by atoms with Crippen LogP contribution in [0.1, 0.15) is 39.0 Å². The molecule has 96 valence electrons. The molecule has 2 saturated carbocycles. The van der Waals surface area contributed by atoms with Crippen molar-refractivity contribution < 1.29 is 9.59 Å². The Morgan fingerprint density at radius 1 is 1.12 bits per heavy atom. The van der Waals surface area contributed by atoms with Gasteiger partial charge in [-0.25, -0.2) is 0 Å². The van der Waals surface area contributed by atoms with E-state index >= 15 is 0 Å². The van der Waals surface area contributed by atoms with Gasteiger partial charge in [0.2, 0.25) is 11.8 Å². The van der Waals surface area contributed by atoms with Crippen molar-refractivity contribution in [3.05, 3.63) is 0 Å². The number of carbonyl (C=O) groups excluding carboxylic acids is 2. The summed E-state index contributed by atoms with van der Waals surface area (Å²) in [5.41, 5.74) is 0. The molecular formula is C13H22N2O2. The van der Waals surface area contributed by atoms with Crippen LogP contribution in [0.5, 0.6) is 0 Å².